The predicted molar refractivity (Wildman–Crippen MR) is 46.7 cm³/mol. The van der Waals surface area contributed by atoms with E-state index in [9.17, 15) is 9.59 Å². The molecule has 0 atom stereocenters. The first-order valence-electron chi connectivity index (χ1n) is 3.77. The summed E-state index contributed by atoms with van der Waals surface area (Å²) in [4.78, 5) is 28.7. The van der Waals surface area contributed by atoms with Gasteiger partial charge in [-0.05, 0) is 12.1 Å². The molecule has 0 aliphatic rings. The van der Waals surface area contributed by atoms with E-state index in [2.05, 4.69) is 9.97 Å². The molecular formula is C8H7N3O2. The highest BCUT2D eigenvalue weighted by Crippen LogP contribution is 2.04. The van der Waals surface area contributed by atoms with Gasteiger partial charge in [0.25, 0.3) is 0 Å². The summed E-state index contributed by atoms with van der Waals surface area (Å²) in [6.07, 6.45) is 1.54. The maximum Gasteiger partial charge on any atom is 0.334 e. The number of carbonyl (C=O) groups is 1. The van der Waals surface area contributed by atoms with Gasteiger partial charge in [0.05, 0.1) is 5.52 Å². The molecule has 0 fully saturated rings. The topological polar surface area (TPSA) is 67.8 Å². The molecule has 0 amide bonds. The van der Waals surface area contributed by atoms with Gasteiger partial charge >= 0.3 is 5.69 Å². The van der Waals surface area contributed by atoms with Crippen LogP contribution in [0, 0.1) is 0 Å². The maximum absolute atomic E-state index is 11.2. The molecular weight excluding hydrogens is 170 g/mol. The van der Waals surface area contributed by atoms with Gasteiger partial charge in [-0.1, -0.05) is 0 Å². The van der Waals surface area contributed by atoms with E-state index >= 15 is 0 Å². The third-order valence-corrected chi connectivity index (χ3v) is 1.76. The number of pyridine rings is 1. The van der Waals surface area contributed by atoms with Crippen LogP contribution >= 0.6 is 0 Å². The van der Waals surface area contributed by atoms with Crippen molar-refractivity contribution < 1.29 is 4.79 Å². The molecule has 0 unspecified atom stereocenters. The Hall–Kier alpha value is -1.91. The highest BCUT2D eigenvalue weighted by atomic mass is 16.2. The second-order valence-electron chi connectivity index (χ2n) is 2.66. The molecule has 2 aromatic heterocycles. The molecule has 0 saturated carbocycles. The van der Waals surface area contributed by atoms with E-state index in [0.717, 1.165) is 4.57 Å². The molecule has 0 aromatic carbocycles. The van der Waals surface area contributed by atoms with Crippen LogP contribution in [0.3, 0.4) is 0 Å². The lowest BCUT2D eigenvalue weighted by Crippen LogP contribution is -2.21. The standard InChI is InChI=1S/C8H7N3O2/c1-5(12)11-7-6(10-8(11)13)3-2-4-9-7/h2-4H,1H3,(H,10,13). The van der Waals surface area contributed by atoms with Crippen LogP contribution in [-0.4, -0.2) is 20.4 Å². The van der Waals surface area contributed by atoms with Crippen molar-refractivity contribution in [1.82, 2.24) is 14.5 Å². The van der Waals surface area contributed by atoms with Gasteiger partial charge in [-0.25, -0.2) is 14.3 Å². The Morgan fingerprint density at radius 2 is 2.38 bits per heavy atom. The Morgan fingerprint density at radius 3 is 3.08 bits per heavy atom. The van der Waals surface area contributed by atoms with Crippen molar-refractivity contribution in [1.29, 1.82) is 0 Å². The fourth-order valence-electron chi connectivity index (χ4n) is 1.23. The van der Waals surface area contributed by atoms with Crippen molar-refractivity contribution in [3.63, 3.8) is 0 Å². The zero-order chi connectivity index (χ0) is 9.42. The van der Waals surface area contributed by atoms with Crippen molar-refractivity contribution in [2.45, 2.75) is 6.92 Å². The number of aromatic amines is 1. The molecule has 2 rings (SSSR count). The van der Waals surface area contributed by atoms with Crippen molar-refractivity contribution in [2.75, 3.05) is 0 Å². The molecule has 0 radical (unpaired) electrons. The number of nitrogens with one attached hydrogen (secondary N) is 1. The van der Waals surface area contributed by atoms with Gasteiger partial charge < -0.3 is 4.98 Å². The van der Waals surface area contributed by atoms with Crippen LogP contribution in [-0.2, 0) is 0 Å². The molecule has 2 aromatic rings. The van der Waals surface area contributed by atoms with E-state index in [1.54, 1.807) is 12.1 Å². The summed E-state index contributed by atoms with van der Waals surface area (Å²) in [6.45, 7) is 1.32. The first kappa shape index (κ1) is 7.72. The first-order chi connectivity index (χ1) is 6.20. The summed E-state index contributed by atoms with van der Waals surface area (Å²) in [5.41, 5.74) is 0.504. The van der Waals surface area contributed by atoms with Crippen LogP contribution in [0.25, 0.3) is 11.2 Å². The number of fused-ring (bicyclic) bond motifs is 1. The summed E-state index contributed by atoms with van der Waals surface area (Å²) in [7, 11) is 0. The van der Waals surface area contributed by atoms with E-state index in [-0.39, 0.29) is 5.91 Å². The highest BCUT2D eigenvalue weighted by molar-refractivity contribution is 5.86. The smallest absolute Gasteiger partial charge is 0.304 e. The van der Waals surface area contributed by atoms with Crippen LogP contribution in [0.2, 0.25) is 0 Å². The number of rotatable bonds is 0. The highest BCUT2D eigenvalue weighted by Gasteiger charge is 2.09. The second kappa shape index (κ2) is 2.55. The van der Waals surface area contributed by atoms with Gasteiger partial charge in [0.2, 0.25) is 5.91 Å². The zero-order valence-electron chi connectivity index (χ0n) is 6.94. The fourth-order valence-corrected chi connectivity index (χ4v) is 1.23. The number of carbonyl (C=O) groups excluding carboxylic acids is 1. The summed E-state index contributed by atoms with van der Waals surface area (Å²) in [5, 5.41) is 0. The molecule has 13 heavy (non-hydrogen) atoms. The Labute approximate surface area is 73.0 Å². The average Bonchev–Trinajstić information content (AvgIpc) is 2.39. The third kappa shape index (κ3) is 1.05. The second-order valence-corrected chi connectivity index (χ2v) is 2.66. The lowest BCUT2D eigenvalue weighted by atomic mass is 10.4. The summed E-state index contributed by atoms with van der Waals surface area (Å²) < 4.78 is 1.01. The quantitative estimate of drug-likeness (QED) is 0.632. The van der Waals surface area contributed by atoms with Crippen molar-refractivity contribution in [2.24, 2.45) is 0 Å². The lowest BCUT2D eigenvalue weighted by Gasteiger charge is -1.93. The number of aromatic nitrogens is 3. The van der Waals surface area contributed by atoms with E-state index in [1.807, 2.05) is 0 Å². The Balaban J connectivity index is 2.95. The van der Waals surface area contributed by atoms with Gasteiger partial charge in [0, 0.05) is 13.1 Å². The van der Waals surface area contributed by atoms with Crippen LogP contribution in [0.4, 0.5) is 0 Å². The Kier molecular flexibility index (Phi) is 1.51. The number of hydrogen-bond donors (Lipinski definition) is 1. The summed E-state index contributed by atoms with van der Waals surface area (Å²) in [6, 6.07) is 3.39. The zero-order valence-corrected chi connectivity index (χ0v) is 6.94. The van der Waals surface area contributed by atoms with Crippen LogP contribution in [0.5, 0.6) is 0 Å². The molecule has 0 bridgehead atoms. The van der Waals surface area contributed by atoms with Gasteiger partial charge in [0.15, 0.2) is 5.65 Å². The molecule has 0 saturated heterocycles. The number of nitrogens with zero attached hydrogens (tertiary/aromatic N) is 2. The first-order valence-corrected chi connectivity index (χ1v) is 3.77. The molecule has 0 spiro atoms. The van der Waals surface area contributed by atoms with E-state index in [0.29, 0.717) is 11.2 Å². The Morgan fingerprint density at radius 1 is 1.62 bits per heavy atom. The number of hydrogen-bond acceptors (Lipinski definition) is 3. The Bertz CT molecular complexity index is 523. The third-order valence-electron chi connectivity index (χ3n) is 1.76. The van der Waals surface area contributed by atoms with Gasteiger partial charge in [-0.2, -0.15) is 0 Å². The molecule has 2 heterocycles. The van der Waals surface area contributed by atoms with Crippen molar-refractivity contribution in [3.05, 3.63) is 28.8 Å². The summed E-state index contributed by atoms with van der Waals surface area (Å²) >= 11 is 0. The van der Waals surface area contributed by atoms with Crippen molar-refractivity contribution in [3.8, 4) is 0 Å². The minimum Gasteiger partial charge on any atom is -0.304 e. The number of H-pyrrole nitrogens is 1. The fraction of sp³-hybridized carbons (Fsp3) is 0.125. The van der Waals surface area contributed by atoms with E-state index in [4.69, 9.17) is 0 Å². The van der Waals surface area contributed by atoms with Gasteiger partial charge in [0.1, 0.15) is 0 Å². The van der Waals surface area contributed by atoms with Crippen molar-refractivity contribution >= 4 is 17.1 Å². The van der Waals surface area contributed by atoms with Crippen LogP contribution < -0.4 is 5.69 Å². The molecule has 0 aliphatic heterocycles. The summed E-state index contributed by atoms with van der Waals surface area (Å²) in [5.74, 6) is -0.338. The molecule has 0 aliphatic carbocycles. The molecule has 5 nitrogen and oxygen atoms in total. The predicted octanol–water partition coefficient (Wildman–Crippen LogP) is 0.385. The van der Waals surface area contributed by atoms with Crippen LogP contribution in [0.15, 0.2) is 23.1 Å². The normalized spacial score (nSPS) is 10.5. The van der Waals surface area contributed by atoms with E-state index < -0.39 is 5.69 Å². The lowest BCUT2D eigenvalue weighted by molar-refractivity contribution is 0.0937. The van der Waals surface area contributed by atoms with Gasteiger partial charge in [-0.3, -0.25) is 4.79 Å². The average molecular weight is 177 g/mol. The minimum atomic E-state index is -0.443. The monoisotopic (exact) mass is 177 g/mol. The SMILES string of the molecule is CC(=O)n1c(=O)[nH]c2cccnc21. The van der Waals surface area contributed by atoms with E-state index in [1.165, 1.54) is 13.1 Å². The number of imidazole rings is 1. The minimum absolute atomic E-state index is 0.338. The maximum atomic E-state index is 11.2. The van der Waals surface area contributed by atoms with Crippen LogP contribution in [0.1, 0.15) is 11.7 Å². The molecule has 5 heteroatoms. The van der Waals surface area contributed by atoms with Gasteiger partial charge in [-0.15, -0.1) is 0 Å². The molecule has 1 N–H and O–H groups in total. The molecule has 66 valence electrons. The largest absolute Gasteiger partial charge is 0.334 e.